The van der Waals surface area contributed by atoms with Crippen molar-refractivity contribution in [2.45, 2.75) is 25.4 Å². The van der Waals surface area contributed by atoms with E-state index in [9.17, 15) is 0 Å². The van der Waals surface area contributed by atoms with Crippen LogP contribution in [0.25, 0.3) is 0 Å². The van der Waals surface area contributed by atoms with Gasteiger partial charge < -0.3 is 18.6 Å². The van der Waals surface area contributed by atoms with E-state index in [4.69, 9.17) is 18.6 Å². The van der Waals surface area contributed by atoms with E-state index in [1.165, 1.54) is 21.3 Å². The number of hydrogen-bond donors (Lipinski definition) is 0. The lowest BCUT2D eigenvalue weighted by Gasteiger charge is -2.34. The normalized spacial score (nSPS) is 15.0. The summed E-state index contributed by atoms with van der Waals surface area (Å²) in [5.74, 6) is -1.05. The fourth-order valence-electron chi connectivity index (χ4n) is 1.21. The van der Waals surface area contributed by atoms with Gasteiger partial charge in [0.2, 0.25) is 0 Å². The molecule has 74 valence electrons. The van der Waals surface area contributed by atoms with Gasteiger partial charge in [-0.05, 0) is 6.42 Å². The quantitative estimate of drug-likeness (QED) is 0.428. The van der Waals surface area contributed by atoms with Gasteiger partial charge in [-0.3, -0.25) is 0 Å². The van der Waals surface area contributed by atoms with E-state index in [2.05, 4.69) is 0 Å². The molecule has 1 atom stereocenters. The third kappa shape index (κ3) is 2.27. The van der Waals surface area contributed by atoms with Crippen molar-refractivity contribution in [1.82, 2.24) is 0 Å². The Morgan fingerprint density at radius 3 is 1.67 bits per heavy atom. The number of hydrogen-bond acceptors (Lipinski definition) is 4. The highest BCUT2D eigenvalue weighted by molar-refractivity contribution is 5.98. The molecule has 5 heteroatoms. The minimum Gasteiger partial charge on any atom is -0.417 e. The summed E-state index contributed by atoms with van der Waals surface area (Å²) in [5.41, 5.74) is 0. The van der Waals surface area contributed by atoms with E-state index in [0.29, 0.717) is 10.5 Å². The Labute approximate surface area is 76.7 Å². The number of rotatable bonds is 6. The van der Waals surface area contributed by atoms with E-state index in [-0.39, 0.29) is 6.10 Å². The standard InChI is InChI=1S/C7H18O4Si/c1-5-6(11-12)7(8-2,9-3)10-4/h6H,5H2,1-4,12H3. The van der Waals surface area contributed by atoms with Gasteiger partial charge in [-0.2, -0.15) is 0 Å². The van der Waals surface area contributed by atoms with E-state index < -0.39 is 5.97 Å². The van der Waals surface area contributed by atoms with Gasteiger partial charge in [-0.15, -0.1) is 0 Å². The van der Waals surface area contributed by atoms with Crippen LogP contribution in [0.3, 0.4) is 0 Å². The van der Waals surface area contributed by atoms with Crippen LogP contribution in [-0.4, -0.2) is 43.9 Å². The summed E-state index contributed by atoms with van der Waals surface area (Å²) in [6.45, 7) is 1.99. The Morgan fingerprint density at radius 2 is 1.58 bits per heavy atom. The first-order valence-corrected chi connectivity index (χ1v) is 4.70. The fraction of sp³-hybridized carbons (Fsp3) is 1.00. The molecule has 4 nitrogen and oxygen atoms in total. The molecule has 0 N–H and O–H groups in total. The van der Waals surface area contributed by atoms with Gasteiger partial charge >= 0.3 is 5.97 Å². The van der Waals surface area contributed by atoms with Crippen molar-refractivity contribution in [3.8, 4) is 0 Å². The molecule has 0 rings (SSSR count). The molecular weight excluding hydrogens is 176 g/mol. The zero-order valence-corrected chi connectivity index (χ0v) is 10.4. The van der Waals surface area contributed by atoms with Gasteiger partial charge in [0.1, 0.15) is 16.6 Å². The number of methoxy groups -OCH3 is 3. The van der Waals surface area contributed by atoms with Crippen molar-refractivity contribution in [3.05, 3.63) is 0 Å². The second-order valence-electron chi connectivity index (χ2n) is 2.35. The van der Waals surface area contributed by atoms with Crippen LogP contribution in [0.1, 0.15) is 13.3 Å². The molecule has 0 fully saturated rings. The smallest absolute Gasteiger partial charge is 0.308 e. The summed E-state index contributed by atoms with van der Waals surface area (Å²) in [4.78, 5) is 0. The maximum Gasteiger partial charge on any atom is 0.308 e. The van der Waals surface area contributed by atoms with Crippen LogP contribution >= 0.6 is 0 Å². The molecule has 0 aliphatic rings. The van der Waals surface area contributed by atoms with Crippen molar-refractivity contribution in [2.75, 3.05) is 21.3 Å². The van der Waals surface area contributed by atoms with E-state index in [0.717, 1.165) is 6.42 Å². The largest absolute Gasteiger partial charge is 0.417 e. The summed E-state index contributed by atoms with van der Waals surface area (Å²) in [6, 6.07) is 0. The molecule has 0 aromatic rings. The van der Waals surface area contributed by atoms with Gasteiger partial charge in [0.15, 0.2) is 0 Å². The van der Waals surface area contributed by atoms with Gasteiger partial charge in [-0.1, -0.05) is 6.92 Å². The van der Waals surface area contributed by atoms with Crippen molar-refractivity contribution < 1.29 is 18.6 Å². The van der Waals surface area contributed by atoms with Gasteiger partial charge in [0.25, 0.3) is 0 Å². The van der Waals surface area contributed by atoms with Crippen molar-refractivity contribution in [3.63, 3.8) is 0 Å². The van der Waals surface area contributed by atoms with Crippen LogP contribution in [0.4, 0.5) is 0 Å². The van der Waals surface area contributed by atoms with Crippen molar-refractivity contribution in [2.24, 2.45) is 0 Å². The molecule has 0 bridgehead atoms. The molecule has 0 aromatic heterocycles. The lowest BCUT2D eigenvalue weighted by atomic mass is 10.2. The average molecular weight is 194 g/mol. The summed E-state index contributed by atoms with van der Waals surface area (Å²) < 4.78 is 20.7. The predicted octanol–water partition coefficient (Wildman–Crippen LogP) is -0.345. The average Bonchev–Trinajstić information content (AvgIpc) is 2.14. The van der Waals surface area contributed by atoms with Crippen molar-refractivity contribution in [1.29, 1.82) is 0 Å². The molecule has 0 amide bonds. The first-order valence-electron chi connectivity index (χ1n) is 3.89. The predicted molar refractivity (Wildman–Crippen MR) is 48.9 cm³/mol. The Hall–Kier alpha value is 0.0569. The topological polar surface area (TPSA) is 36.9 Å². The molecule has 0 radical (unpaired) electrons. The van der Waals surface area contributed by atoms with Crippen LogP contribution in [0.15, 0.2) is 0 Å². The summed E-state index contributed by atoms with van der Waals surface area (Å²) in [7, 11) is 5.25. The second-order valence-corrected chi connectivity index (χ2v) is 2.82. The first-order chi connectivity index (χ1) is 5.70. The Morgan fingerprint density at radius 1 is 1.17 bits per heavy atom. The van der Waals surface area contributed by atoms with E-state index in [1.807, 2.05) is 6.92 Å². The SMILES string of the molecule is CCC(O[SiH3])C(OC)(OC)OC. The molecule has 12 heavy (non-hydrogen) atoms. The molecule has 0 saturated heterocycles. The number of ether oxygens (including phenoxy) is 3. The zero-order chi connectivity index (χ0) is 9.61. The first kappa shape index (κ1) is 12.1. The molecule has 0 saturated carbocycles. The third-order valence-electron chi connectivity index (χ3n) is 1.90. The highest BCUT2D eigenvalue weighted by Gasteiger charge is 2.38. The highest BCUT2D eigenvalue weighted by atomic mass is 28.2. The Bertz CT molecular complexity index is 104. The monoisotopic (exact) mass is 194 g/mol. The van der Waals surface area contributed by atoms with Crippen molar-refractivity contribution >= 4 is 10.5 Å². The molecule has 0 aliphatic heterocycles. The van der Waals surface area contributed by atoms with E-state index in [1.54, 1.807) is 0 Å². The third-order valence-corrected chi connectivity index (χ3v) is 2.47. The molecule has 0 aromatic carbocycles. The molecule has 1 unspecified atom stereocenters. The van der Waals surface area contributed by atoms with E-state index >= 15 is 0 Å². The van der Waals surface area contributed by atoms with Crippen LogP contribution in [0.5, 0.6) is 0 Å². The summed E-state index contributed by atoms with van der Waals surface area (Å²) in [6.07, 6.45) is 0.628. The summed E-state index contributed by atoms with van der Waals surface area (Å²) >= 11 is 0. The minimum absolute atomic E-state index is 0.163. The Kier molecular flexibility index (Phi) is 5.69. The van der Waals surface area contributed by atoms with Crippen LogP contribution in [-0.2, 0) is 18.6 Å². The maximum absolute atomic E-state index is 5.30. The fourth-order valence-corrected chi connectivity index (χ4v) is 1.83. The van der Waals surface area contributed by atoms with Crippen LogP contribution in [0.2, 0.25) is 0 Å². The molecule has 0 spiro atoms. The molecule has 0 heterocycles. The van der Waals surface area contributed by atoms with Gasteiger partial charge in [0.05, 0.1) is 0 Å². The van der Waals surface area contributed by atoms with Crippen LogP contribution in [0, 0.1) is 0 Å². The Balaban J connectivity index is 4.42. The second kappa shape index (κ2) is 5.66. The summed E-state index contributed by atoms with van der Waals surface area (Å²) in [5, 5.41) is 0. The lowest BCUT2D eigenvalue weighted by Crippen LogP contribution is -2.48. The van der Waals surface area contributed by atoms with Crippen LogP contribution < -0.4 is 0 Å². The molecule has 0 aliphatic carbocycles. The minimum atomic E-state index is -1.05. The molecular formula is C7H18O4Si. The highest BCUT2D eigenvalue weighted by Crippen LogP contribution is 2.21. The van der Waals surface area contributed by atoms with Gasteiger partial charge in [-0.25, -0.2) is 0 Å². The maximum atomic E-state index is 5.30. The van der Waals surface area contributed by atoms with Gasteiger partial charge in [0, 0.05) is 21.3 Å². The lowest BCUT2D eigenvalue weighted by molar-refractivity contribution is -0.384. The zero-order valence-electron chi connectivity index (χ0n) is 8.42.